The summed E-state index contributed by atoms with van der Waals surface area (Å²) in [6.45, 7) is 0.229. The van der Waals surface area contributed by atoms with E-state index in [4.69, 9.17) is 4.74 Å². The lowest BCUT2D eigenvalue weighted by molar-refractivity contribution is 0.0465. The van der Waals surface area contributed by atoms with Crippen molar-refractivity contribution < 1.29 is 9.53 Å². The van der Waals surface area contributed by atoms with Crippen LogP contribution in [0, 0.1) is 0 Å². The topological polar surface area (TPSA) is 39.2 Å². The molecule has 0 amide bonds. The Morgan fingerprint density at radius 1 is 1.17 bits per heavy atom. The molecule has 1 aromatic heterocycles. The molecule has 0 fully saturated rings. The van der Waals surface area contributed by atoms with Gasteiger partial charge in [-0.2, -0.15) is 0 Å². The van der Waals surface area contributed by atoms with Crippen molar-refractivity contribution in [1.82, 2.24) is 4.98 Å². The van der Waals surface area contributed by atoms with Crippen molar-refractivity contribution in [3.63, 3.8) is 0 Å². The fourth-order valence-corrected chi connectivity index (χ4v) is 2.16. The maximum Gasteiger partial charge on any atom is 0.357 e. The van der Waals surface area contributed by atoms with Crippen LogP contribution in [0.4, 0.5) is 0 Å². The van der Waals surface area contributed by atoms with Crippen LogP contribution >= 0.6 is 31.9 Å². The highest BCUT2D eigenvalue weighted by atomic mass is 79.9. The molecule has 0 saturated carbocycles. The number of hydrogen-bond donors (Lipinski definition) is 0. The zero-order valence-corrected chi connectivity index (χ0v) is 12.4. The molecule has 5 heteroatoms. The Morgan fingerprint density at radius 3 is 2.67 bits per heavy atom. The van der Waals surface area contributed by atoms with E-state index in [1.54, 1.807) is 18.2 Å². The first-order chi connectivity index (χ1) is 8.65. The zero-order valence-electron chi connectivity index (χ0n) is 9.27. The molecule has 2 rings (SSSR count). The molecule has 0 aliphatic carbocycles. The largest absolute Gasteiger partial charge is 0.456 e. The van der Waals surface area contributed by atoms with Gasteiger partial charge in [-0.05, 0) is 45.8 Å². The van der Waals surface area contributed by atoms with Gasteiger partial charge < -0.3 is 4.74 Å². The molecule has 0 spiro atoms. The molecule has 0 N–H and O–H groups in total. The second-order valence-corrected chi connectivity index (χ2v) is 5.28. The van der Waals surface area contributed by atoms with Crippen molar-refractivity contribution in [3.8, 4) is 0 Å². The number of halogens is 2. The van der Waals surface area contributed by atoms with Crippen LogP contribution in [0.5, 0.6) is 0 Å². The van der Waals surface area contributed by atoms with E-state index in [1.165, 1.54) is 0 Å². The van der Waals surface area contributed by atoms with Crippen molar-refractivity contribution in [2.75, 3.05) is 0 Å². The first-order valence-corrected chi connectivity index (χ1v) is 6.78. The lowest BCUT2D eigenvalue weighted by atomic mass is 10.2. The number of ether oxygens (including phenoxy) is 1. The fraction of sp³-hybridized carbons (Fsp3) is 0.0769. The normalized spacial score (nSPS) is 10.1. The molecule has 18 heavy (non-hydrogen) atoms. The number of pyridine rings is 1. The maximum absolute atomic E-state index is 11.7. The number of hydrogen-bond acceptors (Lipinski definition) is 3. The van der Waals surface area contributed by atoms with E-state index >= 15 is 0 Å². The highest BCUT2D eigenvalue weighted by Gasteiger charge is 2.09. The average molecular weight is 371 g/mol. The molecule has 2 aromatic rings. The number of carbonyl (C=O) groups excluding carboxylic acids is 1. The molecule has 1 heterocycles. The summed E-state index contributed by atoms with van der Waals surface area (Å²) in [7, 11) is 0. The van der Waals surface area contributed by atoms with Gasteiger partial charge in [-0.1, -0.05) is 34.1 Å². The van der Waals surface area contributed by atoms with E-state index in [0.29, 0.717) is 10.3 Å². The van der Waals surface area contributed by atoms with Gasteiger partial charge in [0.1, 0.15) is 16.9 Å². The SMILES string of the molecule is O=C(OCc1cccc(Br)c1)c1cccc(Br)n1. The van der Waals surface area contributed by atoms with Crippen LogP contribution in [0.25, 0.3) is 0 Å². The van der Waals surface area contributed by atoms with Gasteiger partial charge in [-0.25, -0.2) is 9.78 Å². The summed E-state index contributed by atoms with van der Waals surface area (Å²) < 4.78 is 6.75. The van der Waals surface area contributed by atoms with Crippen molar-refractivity contribution in [1.29, 1.82) is 0 Å². The van der Waals surface area contributed by atoms with Gasteiger partial charge in [0, 0.05) is 4.47 Å². The van der Waals surface area contributed by atoms with E-state index < -0.39 is 5.97 Å². The second kappa shape index (κ2) is 6.11. The molecule has 0 saturated heterocycles. The average Bonchev–Trinajstić information content (AvgIpc) is 2.36. The molecule has 0 aliphatic rings. The van der Waals surface area contributed by atoms with Crippen molar-refractivity contribution >= 4 is 37.8 Å². The van der Waals surface area contributed by atoms with Gasteiger partial charge in [0.2, 0.25) is 0 Å². The number of benzene rings is 1. The van der Waals surface area contributed by atoms with Gasteiger partial charge in [0.05, 0.1) is 0 Å². The second-order valence-electron chi connectivity index (χ2n) is 3.55. The number of nitrogens with zero attached hydrogens (tertiary/aromatic N) is 1. The summed E-state index contributed by atoms with van der Waals surface area (Å²) in [6, 6.07) is 12.7. The van der Waals surface area contributed by atoms with E-state index in [-0.39, 0.29) is 6.61 Å². The summed E-state index contributed by atoms with van der Waals surface area (Å²) >= 11 is 6.58. The highest BCUT2D eigenvalue weighted by Crippen LogP contribution is 2.13. The van der Waals surface area contributed by atoms with Crippen molar-refractivity contribution in [2.45, 2.75) is 6.61 Å². The van der Waals surface area contributed by atoms with Gasteiger partial charge in [0.15, 0.2) is 0 Å². The standard InChI is InChI=1S/C13H9Br2NO2/c14-10-4-1-3-9(7-10)8-18-13(17)11-5-2-6-12(15)16-11/h1-7H,8H2. The van der Waals surface area contributed by atoms with Gasteiger partial charge >= 0.3 is 5.97 Å². The number of carbonyl (C=O) groups is 1. The minimum atomic E-state index is -0.434. The van der Waals surface area contributed by atoms with Crippen molar-refractivity contribution in [3.05, 3.63) is 62.8 Å². The first kappa shape index (κ1) is 13.2. The summed E-state index contributed by atoms with van der Waals surface area (Å²) in [6.07, 6.45) is 0. The van der Waals surface area contributed by atoms with Crippen LogP contribution < -0.4 is 0 Å². The van der Waals surface area contributed by atoms with Crippen LogP contribution in [0.15, 0.2) is 51.5 Å². The lowest BCUT2D eigenvalue weighted by Crippen LogP contribution is -2.07. The molecule has 92 valence electrons. The van der Waals surface area contributed by atoms with Gasteiger partial charge in [-0.15, -0.1) is 0 Å². The van der Waals surface area contributed by atoms with Crippen LogP contribution in [-0.4, -0.2) is 11.0 Å². The molecular weight excluding hydrogens is 362 g/mol. The predicted octanol–water partition coefficient (Wildman–Crippen LogP) is 3.96. The molecule has 0 aliphatic heterocycles. The minimum absolute atomic E-state index is 0.229. The quantitative estimate of drug-likeness (QED) is 0.606. The third-order valence-corrected chi connectivity index (χ3v) is 3.12. The predicted molar refractivity (Wildman–Crippen MR) is 75.2 cm³/mol. The Kier molecular flexibility index (Phi) is 4.49. The summed E-state index contributed by atoms with van der Waals surface area (Å²) in [5.41, 5.74) is 1.21. The smallest absolute Gasteiger partial charge is 0.357 e. The summed E-state index contributed by atoms with van der Waals surface area (Å²) in [5.74, 6) is -0.434. The molecule has 0 radical (unpaired) electrons. The third kappa shape index (κ3) is 3.65. The minimum Gasteiger partial charge on any atom is -0.456 e. The van der Waals surface area contributed by atoms with E-state index in [1.807, 2.05) is 24.3 Å². The van der Waals surface area contributed by atoms with E-state index in [0.717, 1.165) is 10.0 Å². The van der Waals surface area contributed by atoms with Gasteiger partial charge in [-0.3, -0.25) is 0 Å². The highest BCUT2D eigenvalue weighted by molar-refractivity contribution is 9.10. The first-order valence-electron chi connectivity index (χ1n) is 5.19. The Labute approximate surface area is 121 Å². The van der Waals surface area contributed by atoms with E-state index in [2.05, 4.69) is 36.8 Å². The Balaban J connectivity index is 2.00. The Hall–Kier alpha value is -1.20. The van der Waals surface area contributed by atoms with Crippen molar-refractivity contribution in [2.24, 2.45) is 0 Å². The Bertz CT molecular complexity index is 572. The van der Waals surface area contributed by atoms with Crippen LogP contribution in [0.2, 0.25) is 0 Å². The summed E-state index contributed by atoms with van der Waals surface area (Å²) in [5, 5.41) is 0. The monoisotopic (exact) mass is 369 g/mol. The number of aromatic nitrogens is 1. The molecule has 3 nitrogen and oxygen atoms in total. The number of rotatable bonds is 3. The zero-order chi connectivity index (χ0) is 13.0. The Morgan fingerprint density at radius 2 is 1.94 bits per heavy atom. The fourth-order valence-electron chi connectivity index (χ4n) is 1.37. The molecular formula is C13H9Br2NO2. The molecule has 0 bridgehead atoms. The molecule has 0 atom stereocenters. The lowest BCUT2D eigenvalue weighted by Gasteiger charge is -2.05. The molecule has 1 aromatic carbocycles. The maximum atomic E-state index is 11.7. The van der Waals surface area contributed by atoms with Crippen LogP contribution in [-0.2, 0) is 11.3 Å². The van der Waals surface area contributed by atoms with E-state index in [9.17, 15) is 4.79 Å². The molecule has 0 unspecified atom stereocenters. The third-order valence-electron chi connectivity index (χ3n) is 2.18. The number of esters is 1. The van der Waals surface area contributed by atoms with Crippen LogP contribution in [0.1, 0.15) is 16.1 Å². The summed E-state index contributed by atoms with van der Waals surface area (Å²) in [4.78, 5) is 15.8. The van der Waals surface area contributed by atoms with Gasteiger partial charge in [0.25, 0.3) is 0 Å². The van der Waals surface area contributed by atoms with Crippen LogP contribution in [0.3, 0.4) is 0 Å².